The zero-order valence-electron chi connectivity index (χ0n) is 26.8. The Kier molecular flexibility index (Phi) is 10.6. The van der Waals surface area contributed by atoms with Crippen molar-refractivity contribution in [1.29, 1.82) is 0 Å². The molecule has 244 valence electrons. The third-order valence-electron chi connectivity index (χ3n) is 9.13. The topological polar surface area (TPSA) is 117 Å². The molecule has 2 aliphatic rings. The molecule has 2 heterocycles. The number of fused-ring (bicyclic) bond motifs is 1. The summed E-state index contributed by atoms with van der Waals surface area (Å²) >= 11 is 0. The summed E-state index contributed by atoms with van der Waals surface area (Å²) in [5.74, 6) is -1.84. The van der Waals surface area contributed by atoms with E-state index in [1.807, 2.05) is 38.2 Å². The molecule has 46 heavy (non-hydrogen) atoms. The van der Waals surface area contributed by atoms with E-state index < -0.39 is 23.8 Å². The number of hydrogen-bond acceptors (Lipinski definition) is 6. The van der Waals surface area contributed by atoms with Gasteiger partial charge in [-0.2, -0.15) is 5.10 Å². The van der Waals surface area contributed by atoms with Crippen LogP contribution in [0.4, 0.5) is 4.39 Å². The van der Waals surface area contributed by atoms with E-state index in [9.17, 15) is 19.2 Å². The van der Waals surface area contributed by atoms with E-state index in [0.717, 1.165) is 24.2 Å². The van der Waals surface area contributed by atoms with Gasteiger partial charge in [-0.25, -0.2) is 4.39 Å². The van der Waals surface area contributed by atoms with Gasteiger partial charge in [0, 0.05) is 58.2 Å². The quantitative estimate of drug-likeness (QED) is 0.318. The van der Waals surface area contributed by atoms with E-state index >= 15 is 4.39 Å². The molecule has 1 aliphatic heterocycles. The number of amides is 3. The average molecular weight is 631 g/mol. The van der Waals surface area contributed by atoms with Gasteiger partial charge in [-0.05, 0) is 67.1 Å². The normalized spacial score (nSPS) is 16.5. The number of piperazine rings is 1. The fraction of sp³-hybridized carbons (Fsp3) is 0.457. The van der Waals surface area contributed by atoms with Crippen molar-refractivity contribution in [2.75, 3.05) is 33.2 Å². The maximum absolute atomic E-state index is 15.6. The van der Waals surface area contributed by atoms with E-state index in [1.54, 1.807) is 40.9 Å². The van der Waals surface area contributed by atoms with Crippen LogP contribution in [0.5, 0.6) is 0 Å². The van der Waals surface area contributed by atoms with Crippen LogP contribution < -0.4 is 10.6 Å². The van der Waals surface area contributed by atoms with Crippen LogP contribution in [0.3, 0.4) is 0 Å². The summed E-state index contributed by atoms with van der Waals surface area (Å²) < 4.78 is 17.2. The number of halogens is 1. The maximum Gasteiger partial charge on any atom is 0.270 e. The SMILES string of the molecule is CCC(=O)N[C@H](Cc1ccc(CC(=O)[C@@H](NC(=O)c2ccnn2CC)C2Cc3ccccc3C2)c(F)c1)C(=O)N1CCN(C)CC1. The molecule has 0 radical (unpaired) electrons. The number of likely N-dealkylation sites (N-methyl/N-ethyl adjacent to an activating group) is 1. The molecular formula is C35H43FN6O4. The lowest BCUT2D eigenvalue weighted by Gasteiger charge is -2.34. The second-order valence-corrected chi connectivity index (χ2v) is 12.3. The number of nitrogens with zero attached hydrogens (tertiary/aromatic N) is 4. The summed E-state index contributed by atoms with van der Waals surface area (Å²) in [6.45, 7) is 6.72. The van der Waals surface area contributed by atoms with Crippen LogP contribution in [-0.4, -0.2) is 88.4 Å². The van der Waals surface area contributed by atoms with Crippen LogP contribution in [0.15, 0.2) is 54.7 Å². The molecule has 1 aliphatic carbocycles. The van der Waals surface area contributed by atoms with Gasteiger partial charge in [0.1, 0.15) is 17.6 Å². The van der Waals surface area contributed by atoms with Crippen molar-refractivity contribution in [3.05, 3.63) is 88.5 Å². The molecule has 10 nitrogen and oxygen atoms in total. The first kappa shape index (κ1) is 33.0. The van der Waals surface area contributed by atoms with Crippen molar-refractivity contribution in [2.45, 2.75) is 64.6 Å². The van der Waals surface area contributed by atoms with E-state index in [-0.39, 0.29) is 48.3 Å². The molecule has 0 bridgehead atoms. The maximum atomic E-state index is 15.6. The molecular weight excluding hydrogens is 587 g/mol. The molecule has 0 unspecified atom stereocenters. The molecule has 3 aromatic rings. The van der Waals surface area contributed by atoms with Crippen LogP contribution in [-0.2, 0) is 46.6 Å². The fourth-order valence-corrected chi connectivity index (χ4v) is 6.42. The van der Waals surface area contributed by atoms with Crippen molar-refractivity contribution < 1.29 is 23.6 Å². The number of benzene rings is 2. The monoisotopic (exact) mass is 630 g/mol. The Bertz CT molecular complexity index is 1560. The Labute approximate surface area is 269 Å². The molecule has 2 N–H and O–H groups in total. The Balaban J connectivity index is 1.32. The van der Waals surface area contributed by atoms with Gasteiger partial charge >= 0.3 is 0 Å². The number of rotatable bonds is 12. The van der Waals surface area contributed by atoms with Crippen molar-refractivity contribution in [1.82, 2.24) is 30.2 Å². The molecule has 1 aromatic heterocycles. The minimum Gasteiger partial charge on any atom is -0.344 e. The number of Topliss-reactive ketones (excluding diaryl/α,β-unsaturated/α-hetero) is 1. The number of ketones is 1. The van der Waals surface area contributed by atoms with E-state index in [1.165, 1.54) is 6.07 Å². The van der Waals surface area contributed by atoms with E-state index in [0.29, 0.717) is 43.7 Å². The lowest BCUT2D eigenvalue weighted by molar-refractivity contribution is -0.137. The van der Waals surface area contributed by atoms with Gasteiger partial charge in [-0.15, -0.1) is 0 Å². The van der Waals surface area contributed by atoms with Crippen LogP contribution in [0, 0.1) is 11.7 Å². The molecule has 0 saturated carbocycles. The van der Waals surface area contributed by atoms with Crippen LogP contribution in [0.25, 0.3) is 0 Å². The lowest BCUT2D eigenvalue weighted by Crippen LogP contribution is -2.54. The summed E-state index contributed by atoms with van der Waals surface area (Å²) in [4.78, 5) is 56.7. The van der Waals surface area contributed by atoms with Crippen molar-refractivity contribution in [3.8, 4) is 0 Å². The van der Waals surface area contributed by atoms with E-state index in [4.69, 9.17) is 0 Å². The highest BCUT2D eigenvalue weighted by Crippen LogP contribution is 2.30. The molecule has 1 saturated heterocycles. The largest absolute Gasteiger partial charge is 0.344 e. The third-order valence-corrected chi connectivity index (χ3v) is 9.13. The van der Waals surface area contributed by atoms with Gasteiger partial charge in [-0.3, -0.25) is 23.9 Å². The van der Waals surface area contributed by atoms with Gasteiger partial charge in [0.2, 0.25) is 11.8 Å². The Morgan fingerprint density at radius 2 is 1.65 bits per heavy atom. The third kappa shape index (κ3) is 7.70. The van der Waals surface area contributed by atoms with Crippen LogP contribution >= 0.6 is 0 Å². The summed E-state index contributed by atoms with van der Waals surface area (Å²) in [7, 11) is 2.00. The predicted octanol–water partition coefficient (Wildman–Crippen LogP) is 2.58. The minimum atomic E-state index is -0.825. The van der Waals surface area contributed by atoms with Gasteiger partial charge in [-0.1, -0.05) is 43.3 Å². The highest BCUT2D eigenvalue weighted by molar-refractivity contribution is 5.97. The van der Waals surface area contributed by atoms with Crippen molar-refractivity contribution in [2.24, 2.45) is 5.92 Å². The second-order valence-electron chi connectivity index (χ2n) is 12.3. The van der Waals surface area contributed by atoms with E-state index in [2.05, 4.69) is 20.6 Å². The van der Waals surface area contributed by atoms with Crippen LogP contribution in [0.2, 0.25) is 0 Å². The Morgan fingerprint density at radius 3 is 2.28 bits per heavy atom. The summed E-state index contributed by atoms with van der Waals surface area (Å²) in [6, 6.07) is 12.6. The molecule has 2 aromatic carbocycles. The standard InChI is InChI=1S/C35H43FN6O4/c1-4-32(44)38-29(35(46)41-16-14-40(3)15-17-41)19-23-10-11-26(28(36)18-23)22-31(43)33(27-20-24-8-6-7-9-25(24)21-27)39-34(45)30-12-13-37-42(30)5-2/h6-13,18,27,29,33H,4-5,14-17,19-22H2,1-3H3,(H,38,44)(H,39,45)/t29-,33+/m1/s1. The first-order chi connectivity index (χ1) is 22.2. The summed E-state index contributed by atoms with van der Waals surface area (Å²) in [5, 5.41) is 9.95. The predicted molar refractivity (Wildman–Crippen MR) is 172 cm³/mol. The Hall–Kier alpha value is -4.38. The van der Waals surface area contributed by atoms with Crippen LogP contribution in [0.1, 0.15) is 53.0 Å². The average Bonchev–Trinajstić information content (AvgIpc) is 3.72. The molecule has 1 fully saturated rings. The number of nitrogens with one attached hydrogen (secondary N) is 2. The van der Waals surface area contributed by atoms with Crippen molar-refractivity contribution >= 4 is 23.5 Å². The zero-order chi connectivity index (χ0) is 32.8. The number of aryl methyl sites for hydroxylation is 1. The smallest absolute Gasteiger partial charge is 0.270 e. The van der Waals surface area contributed by atoms with Gasteiger partial charge in [0.05, 0.1) is 6.04 Å². The Morgan fingerprint density at radius 1 is 0.957 bits per heavy atom. The summed E-state index contributed by atoms with van der Waals surface area (Å²) in [6.07, 6.45) is 2.97. The number of aromatic nitrogens is 2. The number of carbonyl (C=O) groups is 4. The highest BCUT2D eigenvalue weighted by Gasteiger charge is 2.35. The minimum absolute atomic E-state index is 0.131. The number of hydrogen-bond donors (Lipinski definition) is 2. The van der Waals surface area contributed by atoms with Gasteiger partial charge in [0.15, 0.2) is 5.78 Å². The molecule has 2 atom stereocenters. The molecule has 3 amide bonds. The zero-order valence-corrected chi connectivity index (χ0v) is 26.8. The highest BCUT2D eigenvalue weighted by atomic mass is 19.1. The number of carbonyl (C=O) groups excluding carboxylic acids is 4. The summed E-state index contributed by atoms with van der Waals surface area (Å²) in [5.41, 5.74) is 3.40. The molecule has 11 heteroatoms. The first-order valence-corrected chi connectivity index (χ1v) is 16.1. The lowest BCUT2D eigenvalue weighted by atomic mass is 9.89. The second kappa shape index (κ2) is 14.8. The molecule has 0 spiro atoms. The molecule has 5 rings (SSSR count). The van der Waals surface area contributed by atoms with Crippen molar-refractivity contribution in [3.63, 3.8) is 0 Å². The van der Waals surface area contributed by atoms with Gasteiger partial charge < -0.3 is 20.4 Å². The van der Waals surface area contributed by atoms with Gasteiger partial charge in [0.25, 0.3) is 5.91 Å². The first-order valence-electron chi connectivity index (χ1n) is 16.1. The fourth-order valence-electron chi connectivity index (χ4n) is 6.42.